The summed E-state index contributed by atoms with van der Waals surface area (Å²) in [6, 6.07) is 29.8. The first kappa shape index (κ1) is 50.1. The Labute approximate surface area is 367 Å². The zero-order valence-electron chi connectivity index (χ0n) is 37.3. The van der Waals surface area contributed by atoms with Crippen LogP contribution in [0.3, 0.4) is 0 Å². The van der Waals surface area contributed by atoms with E-state index in [0.717, 1.165) is 48.9 Å². The van der Waals surface area contributed by atoms with Gasteiger partial charge in [0.2, 0.25) is 0 Å². The molecule has 12 nitrogen and oxygen atoms in total. The number of likely N-dealkylation sites (N-methyl/N-ethyl adjacent to an activating group) is 4. The lowest BCUT2D eigenvalue weighted by Gasteiger charge is -2.23. The Bertz CT molecular complexity index is 1900. The van der Waals surface area contributed by atoms with E-state index in [1.807, 2.05) is 125 Å². The molecule has 4 aromatic rings. The summed E-state index contributed by atoms with van der Waals surface area (Å²) < 4.78 is 10.4. The van der Waals surface area contributed by atoms with Crippen molar-refractivity contribution in [1.82, 2.24) is 0 Å². The molecule has 0 fully saturated rings. The minimum Gasteiger partial charge on any atom is -0.460 e. The van der Waals surface area contributed by atoms with Gasteiger partial charge < -0.3 is 39.3 Å². The number of carbonyl (C=O) groups is 4. The maximum absolute atomic E-state index is 13.0. The molecule has 0 aromatic heterocycles. The molecule has 0 saturated heterocycles. The Morgan fingerprint density at radius 3 is 0.855 bits per heavy atom. The Hall–Kier alpha value is -6.24. The van der Waals surface area contributed by atoms with Crippen LogP contribution in [0.25, 0.3) is 0 Å². The van der Waals surface area contributed by atoms with Gasteiger partial charge in [0.05, 0.1) is 26.3 Å². The van der Waals surface area contributed by atoms with E-state index >= 15 is 0 Å². The lowest BCUT2D eigenvalue weighted by molar-refractivity contribution is -0.139. The second-order valence-corrected chi connectivity index (χ2v) is 14.4. The number of esters is 2. The van der Waals surface area contributed by atoms with Gasteiger partial charge in [0.15, 0.2) is 11.6 Å². The maximum Gasteiger partial charge on any atom is 0.333 e. The summed E-state index contributed by atoms with van der Waals surface area (Å²) in [5, 5.41) is 18.2. The monoisotopic (exact) mass is 848 g/mol. The smallest absolute Gasteiger partial charge is 0.333 e. The van der Waals surface area contributed by atoms with Gasteiger partial charge in [0.25, 0.3) is 0 Å². The predicted octanol–water partition coefficient (Wildman–Crippen LogP) is 7.36. The van der Waals surface area contributed by atoms with Crippen molar-refractivity contribution < 1.29 is 38.9 Å². The van der Waals surface area contributed by atoms with Gasteiger partial charge in [-0.05, 0) is 139 Å². The van der Waals surface area contributed by atoms with Gasteiger partial charge in [-0.3, -0.25) is 9.59 Å². The molecule has 0 unspecified atom stereocenters. The molecule has 62 heavy (non-hydrogen) atoms. The first-order valence-corrected chi connectivity index (χ1v) is 21.2. The zero-order valence-corrected chi connectivity index (χ0v) is 37.3. The highest BCUT2D eigenvalue weighted by molar-refractivity contribution is 6.10. The van der Waals surface area contributed by atoms with Crippen molar-refractivity contribution in [2.45, 2.75) is 41.5 Å². The molecule has 0 heterocycles. The van der Waals surface area contributed by atoms with Crippen LogP contribution in [-0.4, -0.2) is 113 Å². The quantitative estimate of drug-likeness (QED) is 0.0414. The molecule has 0 aliphatic heterocycles. The van der Waals surface area contributed by atoms with Crippen molar-refractivity contribution in [3.63, 3.8) is 0 Å². The third-order valence-electron chi connectivity index (χ3n) is 10.1. The van der Waals surface area contributed by atoms with Gasteiger partial charge in [0.1, 0.15) is 13.2 Å². The average Bonchev–Trinajstić information content (AvgIpc) is 3.30. The van der Waals surface area contributed by atoms with Crippen molar-refractivity contribution in [1.29, 1.82) is 0 Å². The predicted molar refractivity (Wildman–Crippen MR) is 250 cm³/mol. The Morgan fingerprint density at radius 2 is 0.661 bits per heavy atom. The summed E-state index contributed by atoms with van der Waals surface area (Å²) >= 11 is 0. The van der Waals surface area contributed by atoms with Crippen LogP contribution in [0.15, 0.2) is 121 Å². The van der Waals surface area contributed by atoms with Crippen LogP contribution < -0.4 is 19.6 Å². The highest BCUT2D eigenvalue weighted by atomic mass is 16.5. The number of carbonyl (C=O) groups excluding carboxylic acids is 4. The molecule has 0 spiro atoms. The minimum atomic E-state index is -0.397. The zero-order chi connectivity index (χ0) is 45.6. The number of aliphatic hydroxyl groups is 2. The van der Waals surface area contributed by atoms with Crippen molar-refractivity contribution in [3.8, 4) is 0 Å². The van der Waals surface area contributed by atoms with Crippen molar-refractivity contribution in [3.05, 3.63) is 144 Å². The van der Waals surface area contributed by atoms with E-state index in [4.69, 9.17) is 19.7 Å². The van der Waals surface area contributed by atoms with E-state index in [2.05, 4.69) is 32.8 Å². The Kier molecular flexibility index (Phi) is 21.2. The molecule has 0 aliphatic rings. The molecule has 2 N–H and O–H groups in total. The molecule has 0 saturated carbocycles. The molecular formula is C50H64N4O8. The van der Waals surface area contributed by atoms with E-state index < -0.39 is 11.9 Å². The largest absolute Gasteiger partial charge is 0.460 e. The van der Waals surface area contributed by atoms with Gasteiger partial charge in [-0.1, -0.05) is 13.2 Å². The number of hydrogen-bond donors (Lipinski definition) is 2. The number of hydrogen-bond acceptors (Lipinski definition) is 12. The molecule has 0 atom stereocenters. The number of benzene rings is 4. The molecule has 0 amide bonds. The molecule has 0 bridgehead atoms. The summed E-state index contributed by atoms with van der Waals surface area (Å²) in [7, 11) is 0. The molecule has 0 radical (unpaired) electrons. The van der Waals surface area contributed by atoms with Gasteiger partial charge in [-0.2, -0.15) is 0 Å². The number of ether oxygens (including phenoxy) is 2. The molecular weight excluding hydrogens is 785 g/mol. The van der Waals surface area contributed by atoms with Gasteiger partial charge >= 0.3 is 11.9 Å². The average molecular weight is 849 g/mol. The highest BCUT2D eigenvalue weighted by Crippen LogP contribution is 2.22. The normalized spacial score (nSPS) is 10.5. The molecule has 12 heteroatoms. The van der Waals surface area contributed by atoms with Crippen molar-refractivity contribution in [2.75, 3.05) is 98.4 Å². The summed E-state index contributed by atoms with van der Waals surface area (Å²) in [5.74, 6) is -0.874. The second-order valence-electron chi connectivity index (χ2n) is 14.4. The second kappa shape index (κ2) is 26.2. The molecule has 4 rings (SSSR count). The maximum atomic E-state index is 13.0. The first-order valence-electron chi connectivity index (χ1n) is 21.2. The third-order valence-corrected chi connectivity index (χ3v) is 10.1. The third kappa shape index (κ3) is 15.0. The van der Waals surface area contributed by atoms with Crippen LogP contribution in [0.5, 0.6) is 0 Å². The van der Waals surface area contributed by atoms with E-state index in [1.54, 1.807) is 13.8 Å². The number of aliphatic hydroxyl groups excluding tert-OH is 2. The molecule has 4 aromatic carbocycles. The number of ketones is 2. The van der Waals surface area contributed by atoms with E-state index in [9.17, 15) is 19.2 Å². The molecule has 332 valence electrons. The fourth-order valence-electron chi connectivity index (χ4n) is 6.49. The SMILES string of the molecule is C=C(C)C(=O)OCCN(CC)c1ccc(C(=O)c2ccc(N(CC)CCOC(=O)C(=C)C)cc2)cc1.CCN(CCO)c1ccc(C(=O)c2ccc(N(CC)CCO)cc2)cc1. The van der Waals surface area contributed by atoms with Crippen LogP contribution in [0.2, 0.25) is 0 Å². The lowest BCUT2D eigenvalue weighted by atomic mass is 10.0. The van der Waals surface area contributed by atoms with E-state index in [1.165, 1.54) is 0 Å². The van der Waals surface area contributed by atoms with Gasteiger partial charge in [-0.25, -0.2) is 9.59 Å². The topological polar surface area (TPSA) is 140 Å². The van der Waals surface area contributed by atoms with Crippen LogP contribution in [-0.2, 0) is 19.1 Å². The fraction of sp³-hybridized carbons (Fsp3) is 0.360. The Morgan fingerprint density at radius 1 is 0.435 bits per heavy atom. The number of anilines is 4. The standard InChI is InChI=1S/C29H36N2O5.C21H28N2O3/c1-7-30(17-19-35-28(33)21(3)4)25-13-9-23(10-14-25)27(32)24-11-15-26(16-12-24)31(8-2)18-20-36-29(34)22(5)6;1-3-22(13-15-24)19-9-5-17(6-10-19)21(26)18-7-11-20(12-8-18)23(4-2)14-16-25/h9-16H,3,5,7-8,17-20H2,1-2,4,6H3;5-12,24-25H,3-4,13-16H2,1-2H3. The van der Waals surface area contributed by atoms with Crippen LogP contribution in [0.4, 0.5) is 22.7 Å². The minimum absolute atomic E-state index is 0.0153. The highest BCUT2D eigenvalue weighted by Gasteiger charge is 2.15. The van der Waals surface area contributed by atoms with Crippen LogP contribution in [0, 0.1) is 0 Å². The summed E-state index contributed by atoms with van der Waals surface area (Å²) in [6.07, 6.45) is 0. The van der Waals surface area contributed by atoms with Crippen LogP contribution >= 0.6 is 0 Å². The van der Waals surface area contributed by atoms with Crippen molar-refractivity contribution in [2.24, 2.45) is 0 Å². The Balaban J connectivity index is 0.000000348. The summed E-state index contributed by atoms with van der Waals surface area (Å²) in [5.41, 5.74) is 7.11. The van der Waals surface area contributed by atoms with Gasteiger partial charge in [0, 0.05) is 95.4 Å². The first-order chi connectivity index (χ1) is 29.8. The summed E-state index contributed by atoms with van der Waals surface area (Å²) in [6.45, 7) is 24.6. The van der Waals surface area contributed by atoms with Crippen LogP contribution in [0.1, 0.15) is 73.4 Å². The number of nitrogens with zero attached hydrogens (tertiary/aromatic N) is 4. The van der Waals surface area contributed by atoms with Crippen molar-refractivity contribution >= 4 is 46.3 Å². The van der Waals surface area contributed by atoms with E-state index in [-0.39, 0.29) is 38.0 Å². The fourth-order valence-corrected chi connectivity index (χ4v) is 6.49. The number of rotatable bonds is 24. The lowest BCUT2D eigenvalue weighted by Crippen LogP contribution is -2.28. The van der Waals surface area contributed by atoms with E-state index in [0.29, 0.717) is 59.6 Å². The summed E-state index contributed by atoms with van der Waals surface area (Å²) in [4.78, 5) is 57.1. The van der Waals surface area contributed by atoms with Gasteiger partial charge in [-0.15, -0.1) is 0 Å². The molecule has 0 aliphatic carbocycles.